The Morgan fingerprint density at radius 3 is 2.31 bits per heavy atom. The fourth-order valence-electron chi connectivity index (χ4n) is 2.15. The molecule has 0 N–H and O–H groups in total. The van der Waals surface area contributed by atoms with E-state index in [9.17, 15) is 9.59 Å². The number of hydrogen-bond donors (Lipinski definition) is 0. The Morgan fingerprint density at radius 1 is 1.08 bits per heavy atom. The van der Waals surface area contributed by atoms with Crippen LogP contribution in [0.25, 0.3) is 6.08 Å². The minimum Gasteiger partial charge on any atom is -0.295 e. The molecule has 0 aliphatic heterocycles. The molecular weight excluding hydrogens is 320 g/mol. The zero-order valence-electron chi connectivity index (χ0n) is 15.6. The van der Waals surface area contributed by atoms with Crippen LogP contribution in [0, 0.1) is 19.3 Å². The molecule has 2 heteroatoms. The molecule has 0 aliphatic carbocycles. The second kappa shape index (κ2) is 12.4. The van der Waals surface area contributed by atoms with Crippen molar-refractivity contribution in [2.24, 2.45) is 0 Å². The standard InChI is InChI=1S/C13H14O.C11H12O.2H2/c1-3-13(14)6-4-5-12-9-7-11(2)8-10-12;1-2-11(12)9-8-10-6-4-3-5-7-10;;/h1,7-10H,4-6H2,2H3;3-9H,2H2,1H3;2*1H/b;9-8+;;. The molecule has 0 bridgehead atoms. The van der Waals surface area contributed by atoms with Gasteiger partial charge in [-0.2, -0.15) is 0 Å². The summed E-state index contributed by atoms with van der Waals surface area (Å²) < 4.78 is 0. The van der Waals surface area contributed by atoms with Crippen molar-refractivity contribution in [2.75, 3.05) is 0 Å². The van der Waals surface area contributed by atoms with Gasteiger partial charge in [-0.25, -0.2) is 0 Å². The number of ketones is 2. The molecule has 0 saturated carbocycles. The van der Waals surface area contributed by atoms with E-state index in [1.54, 1.807) is 6.08 Å². The van der Waals surface area contributed by atoms with Gasteiger partial charge < -0.3 is 0 Å². The maximum atomic E-state index is 10.9. The Labute approximate surface area is 159 Å². The molecule has 0 spiro atoms. The third-order valence-electron chi connectivity index (χ3n) is 3.76. The first-order chi connectivity index (χ1) is 12.5. The fraction of sp³-hybridized carbons (Fsp3) is 0.250. The quantitative estimate of drug-likeness (QED) is 0.365. The summed E-state index contributed by atoms with van der Waals surface area (Å²) in [6.45, 7) is 3.92. The van der Waals surface area contributed by atoms with Crippen LogP contribution in [0.4, 0.5) is 0 Å². The Morgan fingerprint density at radius 2 is 1.73 bits per heavy atom. The number of rotatable bonds is 7. The maximum absolute atomic E-state index is 10.9. The van der Waals surface area contributed by atoms with Crippen LogP contribution in [0.15, 0.2) is 60.7 Å². The minimum atomic E-state index is -0.0999. The van der Waals surface area contributed by atoms with Gasteiger partial charge in [-0.1, -0.05) is 73.2 Å². The number of hydrogen-bond acceptors (Lipinski definition) is 2. The lowest BCUT2D eigenvalue weighted by Crippen LogP contribution is -1.94. The van der Waals surface area contributed by atoms with Crippen molar-refractivity contribution >= 4 is 17.6 Å². The lowest BCUT2D eigenvalue weighted by atomic mass is 10.1. The van der Waals surface area contributed by atoms with E-state index in [1.807, 2.05) is 43.3 Å². The lowest BCUT2D eigenvalue weighted by Gasteiger charge is -1.99. The largest absolute Gasteiger partial charge is 0.295 e. The van der Waals surface area contributed by atoms with E-state index in [2.05, 4.69) is 37.1 Å². The molecule has 0 saturated heterocycles. The smallest absolute Gasteiger partial charge is 0.205 e. The summed E-state index contributed by atoms with van der Waals surface area (Å²) >= 11 is 0. The number of carbonyl (C=O) groups excluding carboxylic acids is 2. The molecular formula is C24H30O2. The average Bonchev–Trinajstić information content (AvgIpc) is 2.68. The first-order valence-electron chi connectivity index (χ1n) is 8.86. The Kier molecular flexibility index (Phi) is 10.1. The molecule has 2 rings (SSSR count). The predicted molar refractivity (Wildman–Crippen MR) is 113 cm³/mol. The van der Waals surface area contributed by atoms with E-state index in [4.69, 9.17) is 6.42 Å². The van der Waals surface area contributed by atoms with Crippen LogP contribution < -0.4 is 0 Å². The molecule has 2 aromatic carbocycles. The minimum absolute atomic E-state index is 0. The van der Waals surface area contributed by atoms with Gasteiger partial charge in [-0.15, -0.1) is 6.42 Å². The zero-order chi connectivity index (χ0) is 19.2. The highest BCUT2D eigenvalue weighted by Gasteiger charge is 1.97. The molecule has 138 valence electrons. The number of Topliss-reactive ketones (excluding diaryl/α,β-unsaturated/α-hetero) is 1. The van der Waals surface area contributed by atoms with Gasteiger partial charge in [0.05, 0.1) is 0 Å². The monoisotopic (exact) mass is 350 g/mol. The molecule has 0 atom stereocenters. The highest BCUT2D eigenvalue weighted by Crippen LogP contribution is 2.07. The van der Waals surface area contributed by atoms with Gasteiger partial charge in [-0.05, 0) is 42.9 Å². The van der Waals surface area contributed by atoms with Gasteiger partial charge in [0.1, 0.15) is 0 Å². The molecule has 2 aromatic rings. The molecule has 0 aliphatic rings. The van der Waals surface area contributed by atoms with Crippen molar-refractivity contribution in [3.8, 4) is 12.3 Å². The van der Waals surface area contributed by atoms with Crippen LogP contribution in [0.5, 0.6) is 0 Å². The first-order valence-corrected chi connectivity index (χ1v) is 8.86. The summed E-state index contributed by atoms with van der Waals surface area (Å²) in [6, 6.07) is 18.2. The van der Waals surface area contributed by atoms with Crippen molar-refractivity contribution in [2.45, 2.75) is 39.5 Å². The van der Waals surface area contributed by atoms with E-state index in [0.29, 0.717) is 12.8 Å². The number of benzene rings is 2. The van der Waals surface area contributed by atoms with E-state index in [1.165, 1.54) is 11.1 Å². The van der Waals surface area contributed by atoms with Gasteiger partial charge in [-0.3, -0.25) is 9.59 Å². The fourth-order valence-corrected chi connectivity index (χ4v) is 2.15. The molecule has 0 heterocycles. The third kappa shape index (κ3) is 9.39. The topological polar surface area (TPSA) is 34.1 Å². The highest BCUT2D eigenvalue weighted by atomic mass is 16.1. The summed E-state index contributed by atoms with van der Waals surface area (Å²) in [5.74, 6) is 2.19. The van der Waals surface area contributed by atoms with Gasteiger partial charge in [0.2, 0.25) is 5.78 Å². The summed E-state index contributed by atoms with van der Waals surface area (Å²) in [6.07, 6.45) is 11.3. The third-order valence-corrected chi connectivity index (χ3v) is 3.76. The molecule has 2 nitrogen and oxygen atoms in total. The van der Waals surface area contributed by atoms with E-state index in [0.717, 1.165) is 18.4 Å². The van der Waals surface area contributed by atoms with Crippen molar-refractivity contribution in [1.29, 1.82) is 0 Å². The highest BCUT2D eigenvalue weighted by molar-refractivity contribution is 5.94. The van der Waals surface area contributed by atoms with E-state index >= 15 is 0 Å². The van der Waals surface area contributed by atoms with Gasteiger partial charge >= 0.3 is 0 Å². The van der Waals surface area contributed by atoms with Gasteiger partial charge in [0.15, 0.2) is 5.78 Å². The Bertz CT molecular complexity index is 757. The van der Waals surface area contributed by atoms with E-state index in [-0.39, 0.29) is 14.4 Å². The van der Waals surface area contributed by atoms with Gasteiger partial charge in [0.25, 0.3) is 0 Å². The average molecular weight is 351 g/mol. The molecule has 0 unspecified atom stereocenters. The first kappa shape index (κ1) is 21.1. The number of terminal acetylenes is 1. The van der Waals surface area contributed by atoms with Gasteiger partial charge in [0, 0.05) is 15.7 Å². The number of aryl methyl sites for hydroxylation is 2. The zero-order valence-corrected chi connectivity index (χ0v) is 15.6. The van der Waals surface area contributed by atoms with Crippen LogP contribution in [0.3, 0.4) is 0 Å². The molecule has 0 aromatic heterocycles. The van der Waals surface area contributed by atoms with Crippen LogP contribution >= 0.6 is 0 Å². The molecule has 0 radical (unpaired) electrons. The predicted octanol–water partition coefficient (Wildman–Crippen LogP) is 5.69. The van der Waals surface area contributed by atoms with Crippen LogP contribution in [0.2, 0.25) is 0 Å². The lowest BCUT2D eigenvalue weighted by molar-refractivity contribution is -0.114. The second-order valence-electron chi connectivity index (χ2n) is 5.97. The van der Waals surface area contributed by atoms with Crippen LogP contribution in [0.1, 0.15) is 45.7 Å². The Balaban J connectivity index is 0. The summed E-state index contributed by atoms with van der Waals surface area (Å²) in [4.78, 5) is 21.7. The van der Waals surface area contributed by atoms with Crippen molar-refractivity contribution in [3.05, 3.63) is 77.4 Å². The molecule has 26 heavy (non-hydrogen) atoms. The Hall–Kier alpha value is -2.92. The van der Waals surface area contributed by atoms with Crippen LogP contribution in [-0.4, -0.2) is 11.6 Å². The van der Waals surface area contributed by atoms with Crippen LogP contribution in [-0.2, 0) is 16.0 Å². The summed E-state index contributed by atoms with van der Waals surface area (Å²) in [7, 11) is 0. The van der Waals surface area contributed by atoms with Crippen molar-refractivity contribution in [3.63, 3.8) is 0 Å². The SMILES string of the molecule is C#CC(=O)CCCc1ccc(C)cc1.CCC(=O)/C=C/c1ccccc1.[HH].[HH]. The number of allylic oxidation sites excluding steroid dienone is 1. The molecule has 0 fully saturated rings. The van der Waals surface area contributed by atoms with Crippen molar-refractivity contribution < 1.29 is 12.4 Å². The summed E-state index contributed by atoms with van der Waals surface area (Å²) in [5.41, 5.74) is 3.59. The summed E-state index contributed by atoms with van der Waals surface area (Å²) in [5, 5.41) is 0. The second-order valence-corrected chi connectivity index (χ2v) is 5.97. The van der Waals surface area contributed by atoms with Crippen molar-refractivity contribution in [1.82, 2.24) is 0 Å². The maximum Gasteiger partial charge on any atom is 0.205 e. The normalized spacial score (nSPS) is 9.88. The number of carbonyl (C=O) groups is 2. The van der Waals surface area contributed by atoms with E-state index < -0.39 is 0 Å². The molecule has 0 amide bonds.